The molecule has 0 fully saturated rings. The van der Waals surface area contributed by atoms with E-state index in [1.165, 1.54) is 13.0 Å². The Morgan fingerprint density at radius 3 is 2.60 bits per heavy atom. The van der Waals surface area contributed by atoms with Gasteiger partial charge in [0.2, 0.25) is 15.9 Å². The lowest BCUT2D eigenvalue weighted by molar-refractivity contribution is -0.387. The Balaban J connectivity index is 2.94. The molecule has 0 radical (unpaired) electrons. The third-order valence-corrected chi connectivity index (χ3v) is 3.75. The molecular formula is C10H14N4O5S. The fourth-order valence-corrected chi connectivity index (χ4v) is 2.63. The van der Waals surface area contributed by atoms with Crippen LogP contribution in [0.4, 0.5) is 11.4 Å². The van der Waals surface area contributed by atoms with E-state index in [-0.39, 0.29) is 24.7 Å². The zero-order valence-corrected chi connectivity index (χ0v) is 11.4. The van der Waals surface area contributed by atoms with E-state index in [0.29, 0.717) is 0 Å². The number of nitrogens with one attached hydrogen (secondary N) is 2. The summed E-state index contributed by atoms with van der Waals surface area (Å²) in [5.41, 5.74) is 4.98. The Morgan fingerprint density at radius 2 is 2.05 bits per heavy atom. The number of carbonyl (C=O) groups excluding carboxylic acids is 1. The molecule has 0 aliphatic carbocycles. The summed E-state index contributed by atoms with van der Waals surface area (Å²) < 4.78 is 26.1. The van der Waals surface area contributed by atoms with E-state index in [4.69, 9.17) is 5.73 Å². The number of carbonyl (C=O) groups is 1. The predicted molar refractivity (Wildman–Crippen MR) is 71.4 cm³/mol. The average Bonchev–Trinajstić information content (AvgIpc) is 2.34. The first-order chi connectivity index (χ1) is 9.24. The molecule has 0 aliphatic rings. The van der Waals surface area contributed by atoms with Crippen LogP contribution in [0.25, 0.3) is 0 Å². The lowest BCUT2D eigenvalue weighted by Crippen LogP contribution is -2.33. The number of nitrogens with zero attached hydrogens (tertiary/aromatic N) is 1. The highest BCUT2D eigenvalue weighted by Gasteiger charge is 2.25. The first-order valence-corrected chi connectivity index (χ1v) is 7.00. The van der Waals surface area contributed by atoms with Crippen molar-refractivity contribution < 1.29 is 18.1 Å². The highest BCUT2D eigenvalue weighted by atomic mass is 32.2. The van der Waals surface area contributed by atoms with Gasteiger partial charge in [0.1, 0.15) is 0 Å². The quantitative estimate of drug-likeness (QED) is 0.282. The Morgan fingerprint density at radius 1 is 1.40 bits per heavy atom. The molecule has 1 aromatic carbocycles. The molecule has 1 amide bonds. The third-order valence-electron chi connectivity index (χ3n) is 2.26. The summed E-state index contributed by atoms with van der Waals surface area (Å²) in [5.74, 6) is -0.306. The minimum Gasteiger partial charge on any atom is -0.399 e. The van der Waals surface area contributed by atoms with Crippen LogP contribution >= 0.6 is 0 Å². The van der Waals surface area contributed by atoms with Crippen LogP contribution in [-0.2, 0) is 14.8 Å². The second-order valence-electron chi connectivity index (χ2n) is 3.87. The van der Waals surface area contributed by atoms with Gasteiger partial charge in [-0.25, -0.2) is 13.1 Å². The zero-order chi connectivity index (χ0) is 15.3. The van der Waals surface area contributed by atoms with Gasteiger partial charge in [-0.05, 0) is 12.1 Å². The maximum absolute atomic E-state index is 12.0. The van der Waals surface area contributed by atoms with Crippen LogP contribution in [0.15, 0.2) is 23.1 Å². The maximum Gasteiger partial charge on any atom is 0.289 e. The Labute approximate surface area is 115 Å². The van der Waals surface area contributed by atoms with Crippen LogP contribution in [0.5, 0.6) is 0 Å². The van der Waals surface area contributed by atoms with Crippen molar-refractivity contribution in [2.45, 2.75) is 11.8 Å². The average molecular weight is 302 g/mol. The normalized spacial score (nSPS) is 11.1. The van der Waals surface area contributed by atoms with Gasteiger partial charge in [-0.3, -0.25) is 14.9 Å². The van der Waals surface area contributed by atoms with Gasteiger partial charge in [0.15, 0.2) is 4.90 Å². The molecule has 1 rings (SSSR count). The number of amides is 1. The highest BCUT2D eigenvalue weighted by molar-refractivity contribution is 7.89. The predicted octanol–water partition coefficient (Wildman–Crippen LogP) is -0.409. The van der Waals surface area contributed by atoms with E-state index >= 15 is 0 Å². The van der Waals surface area contributed by atoms with Crippen molar-refractivity contribution in [2.75, 3.05) is 18.8 Å². The molecule has 0 atom stereocenters. The summed E-state index contributed by atoms with van der Waals surface area (Å²) >= 11 is 0. The Hall–Kier alpha value is -2.20. The lowest BCUT2D eigenvalue weighted by atomic mass is 10.3. The molecule has 9 nitrogen and oxygen atoms in total. The SMILES string of the molecule is CC(=O)NCCNS(=O)(=O)c1cc(N)ccc1[N+](=O)[O-]. The topological polar surface area (TPSA) is 144 Å². The fourth-order valence-electron chi connectivity index (χ4n) is 1.40. The standard InChI is InChI=1S/C10H14N4O5S/c1-7(15)12-4-5-13-20(18,19)10-6-8(11)2-3-9(10)14(16)17/h2-3,6,13H,4-5,11H2,1H3,(H,12,15). The maximum atomic E-state index is 12.0. The molecule has 0 spiro atoms. The molecule has 4 N–H and O–H groups in total. The fraction of sp³-hybridized carbons (Fsp3) is 0.300. The summed E-state index contributed by atoms with van der Waals surface area (Å²) in [5, 5.41) is 13.2. The van der Waals surface area contributed by atoms with E-state index in [9.17, 15) is 23.3 Å². The molecule has 20 heavy (non-hydrogen) atoms. The molecule has 0 aromatic heterocycles. The molecule has 0 bridgehead atoms. The summed E-state index contributed by atoms with van der Waals surface area (Å²) in [7, 11) is -4.08. The molecule has 0 unspecified atom stereocenters. The van der Waals surface area contributed by atoms with Crippen molar-refractivity contribution in [3.05, 3.63) is 28.3 Å². The Bertz CT molecular complexity index is 629. The number of rotatable bonds is 6. The number of hydrogen-bond acceptors (Lipinski definition) is 6. The van der Waals surface area contributed by atoms with Crippen molar-refractivity contribution in [3.8, 4) is 0 Å². The number of hydrogen-bond donors (Lipinski definition) is 3. The van der Waals surface area contributed by atoms with Crippen LogP contribution in [0.3, 0.4) is 0 Å². The van der Waals surface area contributed by atoms with Crippen LogP contribution in [0.1, 0.15) is 6.92 Å². The van der Waals surface area contributed by atoms with Gasteiger partial charge in [-0.2, -0.15) is 0 Å². The Kier molecular flexibility index (Phi) is 5.00. The number of nitrogen functional groups attached to an aromatic ring is 1. The lowest BCUT2D eigenvalue weighted by Gasteiger charge is -2.08. The van der Waals surface area contributed by atoms with E-state index in [1.807, 2.05) is 0 Å². The number of nitro groups is 1. The number of sulfonamides is 1. The van der Waals surface area contributed by atoms with E-state index < -0.39 is 25.5 Å². The van der Waals surface area contributed by atoms with Crippen LogP contribution in [-0.4, -0.2) is 32.3 Å². The van der Waals surface area contributed by atoms with Crippen molar-refractivity contribution in [3.63, 3.8) is 0 Å². The van der Waals surface area contributed by atoms with Crippen LogP contribution < -0.4 is 15.8 Å². The van der Waals surface area contributed by atoms with Gasteiger partial charge in [0.25, 0.3) is 5.69 Å². The molecular weight excluding hydrogens is 288 g/mol. The monoisotopic (exact) mass is 302 g/mol. The number of benzene rings is 1. The summed E-state index contributed by atoms with van der Waals surface area (Å²) in [6, 6.07) is 3.28. The van der Waals surface area contributed by atoms with E-state index in [0.717, 1.165) is 12.1 Å². The van der Waals surface area contributed by atoms with E-state index in [2.05, 4.69) is 10.0 Å². The molecule has 0 aliphatic heterocycles. The van der Waals surface area contributed by atoms with Gasteiger partial charge >= 0.3 is 0 Å². The smallest absolute Gasteiger partial charge is 0.289 e. The van der Waals surface area contributed by atoms with Crippen LogP contribution in [0.2, 0.25) is 0 Å². The van der Waals surface area contributed by atoms with Gasteiger partial charge < -0.3 is 11.1 Å². The number of nitrogens with two attached hydrogens (primary N) is 1. The van der Waals surface area contributed by atoms with Crippen molar-refractivity contribution in [1.82, 2.24) is 10.0 Å². The molecule has 1 aromatic rings. The van der Waals surface area contributed by atoms with Crippen molar-refractivity contribution in [2.24, 2.45) is 0 Å². The van der Waals surface area contributed by atoms with Crippen LogP contribution in [0, 0.1) is 10.1 Å². The first kappa shape index (κ1) is 15.9. The van der Waals surface area contributed by atoms with Gasteiger partial charge in [-0.1, -0.05) is 0 Å². The second-order valence-corrected chi connectivity index (χ2v) is 5.60. The largest absolute Gasteiger partial charge is 0.399 e. The minimum atomic E-state index is -4.08. The molecule has 110 valence electrons. The summed E-state index contributed by atoms with van der Waals surface area (Å²) in [6.45, 7) is 1.27. The highest BCUT2D eigenvalue weighted by Crippen LogP contribution is 2.25. The molecule has 0 saturated heterocycles. The van der Waals surface area contributed by atoms with Gasteiger partial charge in [-0.15, -0.1) is 0 Å². The first-order valence-electron chi connectivity index (χ1n) is 5.52. The third kappa shape index (κ3) is 4.17. The molecule has 0 saturated carbocycles. The van der Waals surface area contributed by atoms with Crippen molar-refractivity contribution in [1.29, 1.82) is 0 Å². The summed E-state index contributed by atoms with van der Waals surface area (Å²) in [4.78, 5) is 20.1. The van der Waals surface area contributed by atoms with E-state index in [1.54, 1.807) is 0 Å². The number of anilines is 1. The summed E-state index contributed by atoms with van der Waals surface area (Å²) in [6.07, 6.45) is 0. The molecule has 0 heterocycles. The number of nitro benzene ring substituents is 1. The zero-order valence-electron chi connectivity index (χ0n) is 10.6. The van der Waals surface area contributed by atoms with Crippen molar-refractivity contribution >= 4 is 27.3 Å². The molecule has 10 heteroatoms. The second kappa shape index (κ2) is 6.30. The van der Waals surface area contributed by atoms with Gasteiger partial charge in [0.05, 0.1) is 4.92 Å². The van der Waals surface area contributed by atoms with Gasteiger partial charge in [0, 0.05) is 31.8 Å². The minimum absolute atomic E-state index is 0.0741.